The molecule has 3 heteroatoms. The first-order valence-corrected chi connectivity index (χ1v) is 5.44. The van der Waals surface area contributed by atoms with Crippen LogP contribution in [0.4, 0.5) is 0 Å². The largest absolute Gasteiger partial charge is 0.307 e. The number of halogens is 1. The van der Waals surface area contributed by atoms with Crippen molar-refractivity contribution in [1.29, 1.82) is 0 Å². The predicted molar refractivity (Wildman–Crippen MR) is 58.8 cm³/mol. The lowest BCUT2D eigenvalue weighted by Gasteiger charge is -2.01. The molecule has 0 aliphatic heterocycles. The van der Waals surface area contributed by atoms with Crippen molar-refractivity contribution in [2.45, 2.75) is 13.5 Å². The van der Waals surface area contributed by atoms with Gasteiger partial charge in [0.25, 0.3) is 0 Å². The summed E-state index contributed by atoms with van der Waals surface area (Å²) in [6, 6.07) is 2.14. The molecule has 1 nitrogen and oxygen atoms in total. The van der Waals surface area contributed by atoms with Gasteiger partial charge in [0.05, 0.1) is 0 Å². The maximum Gasteiger partial charge on any atom is 0.0305 e. The van der Waals surface area contributed by atoms with Gasteiger partial charge in [0.2, 0.25) is 0 Å². The molecule has 0 saturated carbocycles. The third-order valence-corrected chi connectivity index (χ3v) is 2.87. The summed E-state index contributed by atoms with van der Waals surface area (Å²) in [5, 5.41) is 5.41. The molecule has 0 spiro atoms. The Labute approximate surface area is 85.6 Å². The van der Waals surface area contributed by atoms with Crippen LogP contribution in [0.5, 0.6) is 0 Å². The average molecular weight is 246 g/mol. The molecule has 0 atom stereocenters. The van der Waals surface area contributed by atoms with E-state index in [1.807, 2.05) is 0 Å². The van der Waals surface area contributed by atoms with Gasteiger partial charge in [-0.3, -0.25) is 0 Å². The summed E-state index contributed by atoms with van der Waals surface area (Å²) in [7, 11) is 0. The van der Waals surface area contributed by atoms with Crippen molar-refractivity contribution >= 4 is 27.3 Å². The Hall–Kier alpha value is -0.120. The minimum atomic E-state index is 0.831. The fraction of sp³-hybridized carbons (Fsp3) is 0.333. The average Bonchev–Trinajstić information content (AvgIpc) is 2.36. The van der Waals surface area contributed by atoms with Gasteiger partial charge in [0.1, 0.15) is 0 Å². The number of hydrogen-bond acceptors (Lipinski definition) is 2. The number of nitrogens with one attached hydrogen (secondary N) is 1. The predicted octanol–water partition coefficient (Wildman–Crippen LogP) is 3.05. The lowest BCUT2D eigenvalue weighted by atomic mass is 10.3. The van der Waals surface area contributed by atoms with Gasteiger partial charge < -0.3 is 5.32 Å². The van der Waals surface area contributed by atoms with Crippen molar-refractivity contribution in [3.63, 3.8) is 0 Å². The van der Waals surface area contributed by atoms with Crippen molar-refractivity contribution in [3.8, 4) is 0 Å². The molecule has 0 aliphatic carbocycles. The smallest absolute Gasteiger partial charge is 0.0305 e. The molecule has 12 heavy (non-hydrogen) atoms. The van der Waals surface area contributed by atoms with E-state index in [0.717, 1.165) is 17.6 Å². The zero-order valence-electron chi connectivity index (χ0n) is 7.06. The first kappa shape index (κ1) is 9.96. The van der Waals surface area contributed by atoms with Crippen molar-refractivity contribution < 1.29 is 0 Å². The molecule has 0 aliphatic rings. The van der Waals surface area contributed by atoms with E-state index in [9.17, 15) is 0 Å². The second kappa shape index (κ2) is 4.80. The summed E-state index contributed by atoms with van der Waals surface area (Å²) in [6.45, 7) is 7.66. The van der Waals surface area contributed by atoms with Gasteiger partial charge in [-0.2, -0.15) is 0 Å². The van der Waals surface area contributed by atoms with Crippen LogP contribution in [-0.2, 0) is 6.54 Å². The lowest BCUT2D eigenvalue weighted by Crippen LogP contribution is -2.13. The van der Waals surface area contributed by atoms with Crippen LogP contribution in [0.3, 0.4) is 0 Å². The van der Waals surface area contributed by atoms with E-state index in [4.69, 9.17) is 0 Å². The molecule has 0 saturated heterocycles. The monoisotopic (exact) mass is 245 g/mol. The Balaban J connectivity index is 2.33. The topological polar surface area (TPSA) is 12.0 Å². The minimum absolute atomic E-state index is 0.831. The van der Waals surface area contributed by atoms with Crippen LogP contribution in [0, 0.1) is 6.92 Å². The molecular formula is C9H12BrNS. The number of rotatable bonds is 4. The van der Waals surface area contributed by atoms with Crippen LogP contribution in [0.1, 0.15) is 10.4 Å². The van der Waals surface area contributed by atoms with E-state index >= 15 is 0 Å². The molecule has 0 bridgehead atoms. The van der Waals surface area contributed by atoms with Crippen molar-refractivity contribution in [3.05, 3.63) is 32.9 Å². The summed E-state index contributed by atoms with van der Waals surface area (Å²) < 4.78 is 0.997. The van der Waals surface area contributed by atoms with E-state index in [-0.39, 0.29) is 0 Å². The fourth-order valence-corrected chi connectivity index (χ4v) is 1.97. The molecule has 1 heterocycles. The fourth-order valence-electron chi connectivity index (χ4n) is 0.897. The van der Waals surface area contributed by atoms with Crippen LogP contribution in [-0.4, -0.2) is 6.54 Å². The Morgan fingerprint density at radius 3 is 3.00 bits per heavy atom. The Bertz CT molecular complexity index is 267. The third kappa shape index (κ3) is 3.09. The van der Waals surface area contributed by atoms with Crippen molar-refractivity contribution in [1.82, 2.24) is 5.32 Å². The highest BCUT2D eigenvalue weighted by Crippen LogP contribution is 2.14. The van der Waals surface area contributed by atoms with Crippen LogP contribution >= 0.6 is 27.3 Å². The number of aryl methyl sites for hydroxylation is 1. The molecule has 0 radical (unpaired) electrons. The summed E-state index contributed by atoms with van der Waals surface area (Å²) >= 11 is 5.10. The number of hydrogen-bond donors (Lipinski definition) is 1. The molecule has 0 unspecified atom stereocenters. The molecule has 1 aromatic rings. The first-order chi connectivity index (χ1) is 5.70. The van der Waals surface area contributed by atoms with E-state index < -0.39 is 0 Å². The van der Waals surface area contributed by atoms with Gasteiger partial charge in [-0.15, -0.1) is 11.3 Å². The highest BCUT2D eigenvalue weighted by molar-refractivity contribution is 9.11. The highest BCUT2D eigenvalue weighted by atomic mass is 79.9. The molecule has 0 fully saturated rings. The van der Waals surface area contributed by atoms with Gasteiger partial charge in [-0.1, -0.05) is 22.5 Å². The van der Waals surface area contributed by atoms with E-state index in [1.54, 1.807) is 11.3 Å². The first-order valence-electron chi connectivity index (χ1n) is 3.77. The number of thiophene rings is 1. The van der Waals surface area contributed by atoms with E-state index in [2.05, 4.69) is 46.2 Å². The van der Waals surface area contributed by atoms with Crippen molar-refractivity contribution in [2.24, 2.45) is 0 Å². The summed E-state index contributed by atoms with van der Waals surface area (Å²) in [5.41, 5.74) is 1.37. The van der Waals surface area contributed by atoms with Gasteiger partial charge in [-0.25, -0.2) is 0 Å². The molecule has 1 N–H and O–H groups in total. The third-order valence-electron chi connectivity index (χ3n) is 1.57. The van der Waals surface area contributed by atoms with Gasteiger partial charge in [0.15, 0.2) is 0 Å². The van der Waals surface area contributed by atoms with Crippen molar-refractivity contribution in [2.75, 3.05) is 6.54 Å². The molecule has 0 aromatic carbocycles. The summed E-state index contributed by atoms with van der Waals surface area (Å²) in [6.07, 6.45) is 0. The molecular weight excluding hydrogens is 234 g/mol. The van der Waals surface area contributed by atoms with Crippen LogP contribution in [0.15, 0.2) is 22.5 Å². The molecule has 66 valence electrons. The van der Waals surface area contributed by atoms with E-state index in [1.165, 1.54) is 10.4 Å². The van der Waals surface area contributed by atoms with Gasteiger partial charge >= 0.3 is 0 Å². The summed E-state index contributed by atoms with van der Waals surface area (Å²) in [5.74, 6) is 0. The molecule has 1 rings (SSSR count). The normalized spacial score (nSPS) is 10.2. The van der Waals surface area contributed by atoms with Gasteiger partial charge in [-0.05, 0) is 23.9 Å². The molecule has 0 amide bonds. The Morgan fingerprint density at radius 1 is 1.75 bits per heavy atom. The SMILES string of the molecule is C=C(Br)CNCc1sccc1C. The molecule has 1 aromatic heterocycles. The van der Waals surface area contributed by atoms with E-state index in [0.29, 0.717) is 0 Å². The highest BCUT2D eigenvalue weighted by Gasteiger charge is 1.97. The zero-order valence-corrected chi connectivity index (χ0v) is 9.46. The maximum atomic E-state index is 3.75. The van der Waals surface area contributed by atoms with Crippen LogP contribution in [0.25, 0.3) is 0 Å². The minimum Gasteiger partial charge on any atom is -0.307 e. The Kier molecular flexibility index (Phi) is 3.98. The van der Waals surface area contributed by atoms with Gasteiger partial charge in [0, 0.05) is 22.4 Å². The zero-order chi connectivity index (χ0) is 8.97. The van der Waals surface area contributed by atoms with Crippen LogP contribution in [0.2, 0.25) is 0 Å². The maximum absolute atomic E-state index is 3.75. The standard InChI is InChI=1S/C9H12BrNS/c1-7-3-4-12-9(7)6-11-5-8(2)10/h3-4,11H,2,5-6H2,1H3. The second-order valence-electron chi connectivity index (χ2n) is 2.65. The summed E-state index contributed by atoms with van der Waals surface area (Å²) in [4.78, 5) is 1.41. The lowest BCUT2D eigenvalue weighted by molar-refractivity contribution is 0.764. The van der Waals surface area contributed by atoms with Crippen LogP contribution < -0.4 is 5.32 Å². The Morgan fingerprint density at radius 2 is 2.50 bits per heavy atom. The second-order valence-corrected chi connectivity index (χ2v) is 4.77. The quantitative estimate of drug-likeness (QED) is 0.860.